The molecule has 11 atom stereocenters. The zero-order valence-electron chi connectivity index (χ0n) is 25.6. The van der Waals surface area contributed by atoms with E-state index in [4.69, 9.17) is 4.74 Å². The van der Waals surface area contributed by atoms with Crippen LogP contribution >= 0.6 is 0 Å². The van der Waals surface area contributed by atoms with Crippen LogP contribution in [0.25, 0.3) is 0 Å². The molecule has 0 amide bonds. The Labute approximate surface area is 229 Å². The summed E-state index contributed by atoms with van der Waals surface area (Å²) in [7, 11) is 0. The molecule has 0 aromatic rings. The van der Waals surface area contributed by atoms with Gasteiger partial charge in [0.15, 0.2) is 0 Å². The lowest BCUT2D eigenvalue weighted by atomic mass is 9.43. The number of rotatable bonds is 8. The van der Waals surface area contributed by atoms with Gasteiger partial charge >= 0.3 is 5.97 Å². The molecule has 0 aromatic carbocycles. The van der Waals surface area contributed by atoms with Gasteiger partial charge in [0, 0.05) is 0 Å². The third-order valence-electron chi connectivity index (χ3n) is 14.4. The summed E-state index contributed by atoms with van der Waals surface area (Å²) >= 11 is 0. The summed E-state index contributed by atoms with van der Waals surface area (Å²) < 4.78 is 6.16. The van der Waals surface area contributed by atoms with Crippen LogP contribution in [0, 0.1) is 63.1 Å². The molecule has 0 aromatic heterocycles. The smallest absolute Gasteiger partial charge is 0.308 e. The lowest BCUT2D eigenvalue weighted by molar-refractivity contribution is -0.170. The zero-order valence-corrected chi connectivity index (χ0v) is 25.6. The van der Waals surface area contributed by atoms with Gasteiger partial charge < -0.3 is 4.74 Å². The Hall–Kier alpha value is -0.790. The molecule has 11 unspecified atom stereocenters. The Morgan fingerprint density at radius 3 is 2.35 bits per heavy atom. The average molecular weight is 511 g/mol. The molecule has 0 N–H and O–H groups in total. The standard InChI is InChI=1S/C35H58O2/c1-10-23(4)31(36)37-29-16-18-34-21-35(34)20-19-32(8)27(25(6)12-11-24(5)22(2)3)15-17-33(32,9)30(35)14-13-28(34)26(29)7/h22-23,25-30H,5,10-21H2,1-4,6-9H3. The topological polar surface area (TPSA) is 26.3 Å². The number of carbonyl (C=O) groups is 1. The van der Waals surface area contributed by atoms with Crippen molar-refractivity contribution in [3.05, 3.63) is 12.2 Å². The number of esters is 1. The van der Waals surface area contributed by atoms with Crippen LogP contribution < -0.4 is 0 Å². The Bertz CT molecular complexity index is 905. The highest BCUT2D eigenvalue weighted by Gasteiger charge is 2.81. The maximum atomic E-state index is 12.6. The van der Waals surface area contributed by atoms with Crippen LogP contribution in [0.15, 0.2) is 12.2 Å². The summed E-state index contributed by atoms with van der Waals surface area (Å²) in [6.45, 7) is 23.6. The number of allylic oxidation sites excluding steroid dienone is 1. The second-order valence-corrected chi connectivity index (χ2v) is 15.7. The van der Waals surface area contributed by atoms with Gasteiger partial charge in [0.25, 0.3) is 0 Å². The summed E-state index contributed by atoms with van der Waals surface area (Å²) in [4.78, 5) is 12.6. The van der Waals surface area contributed by atoms with Gasteiger partial charge in [-0.3, -0.25) is 4.79 Å². The van der Waals surface area contributed by atoms with E-state index < -0.39 is 0 Å². The molecule has 5 aliphatic carbocycles. The van der Waals surface area contributed by atoms with Crippen LogP contribution in [-0.4, -0.2) is 12.1 Å². The Kier molecular flexibility index (Phi) is 7.05. The van der Waals surface area contributed by atoms with E-state index in [2.05, 4.69) is 55.0 Å². The highest BCUT2D eigenvalue weighted by molar-refractivity contribution is 5.72. The first-order chi connectivity index (χ1) is 17.4. The van der Waals surface area contributed by atoms with Gasteiger partial charge in [-0.05, 0) is 134 Å². The molecule has 0 bridgehead atoms. The third-order valence-corrected chi connectivity index (χ3v) is 14.4. The Balaban J connectivity index is 1.31. The highest BCUT2D eigenvalue weighted by atomic mass is 16.5. The first-order valence-electron chi connectivity index (χ1n) is 16.2. The number of fused-ring (bicyclic) bond motifs is 2. The molecule has 5 aliphatic rings. The fraction of sp³-hybridized carbons (Fsp3) is 0.914. The third kappa shape index (κ3) is 3.87. The molecule has 5 rings (SSSR count). The minimum absolute atomic E-state index is 0.0307. The first kappa shape index (κ1) is 27.8. The molecule has 2 nitrogen and oxygen atoms in total. The van der Waals surface area contributed by atoms with Crippen LogP contribution in [0.5, 0.6) is 0 Å². The van der Waals surface area contributed by atoms with Gasteiger partial charge in [0.1, 0.15) is 6.10 Å². The van der Waals surface area contributed by atoms with E-state index in [9.17, 15) is 4.79 Å². The number of ether oxygens (including phenoxy) is 1. The van der Waals surface area contributed by atoms with Crippen molar-refractivity contribution in [1.82, 2.24) is 0 Å². The molecule has 0 heterocycles. The van der Waals surface area contributed by atoms with Crippen LogP contribution in [-0.2, 0) is 9.53 Å². The molecule has 0 aliphatic heterocycles. The van der Waals surface area contributed by atoms with Crippen LogP contribution in [0.4, 0.5) is 0 Å². The normalized spacial score (nSPS) is 47.8. The first-order valence-corrected chi connectivity index (χ1v) is 16.2. The second kappa shape index (κ2) is 9.40. The van der Waals surface area contributed by atoms with E-state index in [1.165, 1.54) is 69.8 Å². The minimum atomic E-state index is 0.0307. The van der Waals surface area contributed by atoms with Crippen molar-refractivity contribution in [3.8, 4) is 0 Å². The number of hydrogen-bond acceptors (Lipinski definition) is 2. The molecule has 5 fully saturated rings. The molecule has 37 heavy (non-hydrogen) atoms. The fourth-order valence-corrected chi connectivity index (χ4v) is 11.5. The molecule has 2 heteroatoms. The van der Waals surface area contributed by atoms with Crippen LogP contribution in [0.2, 0.25) is 0 Å². The van der Waals surface area contributed by atoms with E-state index in [-0.39, 0.29) is 18.0 Å². The van der Waals surface area contributed by atoms with Gasteiger partial charge in [-0.15, -0.1) is 0 Å². The van der Waals surface area contributed by atoms with Crippen molar-refractivity contribution in [2.24, 2.45) is 63.1 Å². The SMILES string of the molecule is C=C(CCC(C)C1CCC2(C)C3CCC4C(C)C(OC(=O)C(C)CC)CCC45CC35CCC12C)C(C)C. The fourth-order valence-electron chi connectivity index (χ4n) is 11.5. The maximum Gasteiger partial charge on any atom is 0.308 e. The Morgan fingerprint density at radius 1 is 0.946 bits per heavy atom. The molecule has 0 saturated heterocycles. The summed E-state index contributed by atoms with van der Waals surface area (Å²) in [5.74, 6) is 4.55. The maximum absolute atomic E-state index is 12.6. The summed E-state index contributed by atoms with van der Waals surface area (Å²) in [5, 5.41) is 0. The molecule has 0 radical (unpaired) electrons. The van der Waals surface area contributed by atoms with Gasteiger partial charge in [-0.2, -0.15) is 0 Å². The van der Waals surface area contributed by atoms with Crippen molar-refractivity contribution >= 4 is 5.97 Å². The second-order valence-electron chi connectivity index (χ2n) is 15.7. The number of hydrogen-bond donors (Lipinski definition) is 0. The van der Waals surface area contributed by atoms with E-state index >= 15 is 0 Å². The lowest BCUT2D eigenvalue weighted by Crippen LogP contribution is -2.56. The van der Waals surface area contributed by atoms with E-state index in [1.807, 2.05) is 6.92 Å². The van der Waals surface area contributed by atoms with Gasteiger partial charge in [-0.25, -0.2) is 0 Å². The quantitative estimate of drug-likeness (QED) is 0.240. The van der Waals surface area contributed by atoms with Gasteiger partial charge in [0.2, 0.25) is 0 Å². The summed E-state index contributed by atoms with van der Waals surface area (Å²) in [5.41, 5.74) is 3.58. The van der Waals surface area contributed by atoms with Crippen molar-refractivity contribution in [2.45, 2.75) is 139 Å². The summed E-state index contributed by atoms with van der Waals surface area (Å²) in [6, 6.07) is 0. The van der Waals surface area contributed by atoms with Gasteiger partial charge in [0.05, 0.1) is 5.92 Å². The van der Waals surface area contributed by atoms with Crippen LogP contribution in [0.3, 0.4) is 0 Å². The summed E-state index contributed by atoms with van der Waals surface area (Å²) in [6.07, 6.45) is 16.0. The Morgan fingerprint density at radius 2 is 1.68 bits per heavy atom. The monoisotopic (exact) mass is 510 g/mol. The zero-order chi connectivity index (χ0) is 27.0. The minimum Gasteiger partial charge on any atom is -0.462 e. The predicted molar refractivity (Wildman–Crippen MR) is 154 cm³/mol. The molecular weight excluding hydrogens is 452 g/mol. The van der Waals surface area contributed by atoms with Crippen molar-refractivity contribution in [2.75, 3.05) is 0 Å². The van der Waals surface area contributed by atoms with Gasteiger partial charge in [-0.1, -0.05) is 67.5 Å². The van der Waals surface area contributed by atoms with E-state index in [0.717, 1.165) is 36.5 Å². The molecular formula is C35H58O2. The molecule has 5 saturated carbocycles. The average Bonchev–Trinajstić information content (AvgIpc) is 3.45. The lowest BCUT2D eigenvalue weighted by Gasteiger charge is -2.62. The van der Waals surface area contributed by atoms with E-state index in [1.54, 1.807) is 0 Å². The largest absolute Gasteiger partial charge is 0.462 e. The molecule has 2 spiro atoms. The highest BCUT2D eigenvalue weighted by Crippen LogP contribution is 2.88. The predicted octanol–water partition coefficient (Wildman–Crippen LogP) is 9.62. The van der Waals surface area contributed by atoms with Crippen LogP contribution in [0.1, 0.15) is 132 Å². The molecule has 210 valence electrons. The van der Waals surface area contributed by atoms with E-state index in [0.29, 0.717) is 33.5 Å². The van der Waals surface area contributed by atoms with Crippen molar-refractivity contribution < 1.29 is 9.53 Å². The van der Waals surface area contributed by atoms with Crippen molar-refractivity contribution in [3.63, 3.8) is 0 Å². The van der Waals surface area contributed by atoms with Crippen molar-refractivity contribution in [1.29, 1.82) is 0 Å². The number of carbonyl (C=O) groups excluding carboxylic acids is 1.